The van der Waals surface area contributed by atoms with Gasteiger partial charge in [-0.1, -0.05) is 29.8 Å². The summed E-state index contributed by atoms with van der Waals surface area (Å²) >= 11 is 11.6. The fourth-order valence-electron chi connectivity index (χ4n) is 2.60. The second-order valence-electron chi connectivity index (χ2n) is 5.77. The fraction of sp³-hybridized carbons (Fsp3) is 0.278. The first kappa shape index (κ1) is 16.9. The van der Waals surface area contributed by atoms with Gasteiger partial charge in [-0.25, -0.2) is 0 Å². The van der Waals surface area contributed by atoms with Gasteiger partial charge in [0.2, 0.25) is 0 Å². The van der Waals surface area contributed by atoms with E-state index in [2.05, 4.69) is 16.7 Å². The SMILES string of the molecule is Cc1cc(C)c(NC(=S)NC[C@H]2COc3ccccc3O2)c(Cl)c1. The number of rotatable bonds is 3. The van der Waals surface area contributed by atoms with E-state index in [1.807, 2.05) is 44.2 Å². The second kappa shape index (κ2) is 7.28. The Morgan fingerprint density at radius 2 is 2.00 bits per heavy atom. The van der Waals surface area contributed by atoms with Crippen molar-refractivity contribution in [1.82, 2.24) is 5.32 Å². The number of nitrogens with one attached hydrogen (secondary N) is 2. The maximum atomic E-state index is 6.29. The first-order chi connectivity index (χ1) is 11.5. The van der Waals surface area contributed by atoms with Crippen LogP contribution in [0.1, 0.15) is 11.1 Å². The van der Waals surface area contributed by atoms with Crippen LogP contribution >= 0.6 is 23.8 Å². The van der Waals surface area contributed by atoms with E-state index >= 15 is 0 Å². The van der Waals surface area contributed by atoms with Crippen LogP contribution in [0, 0.1) is 13.8 Å². The van der Waals surface area contributed by atoms with E-state index in [0.29, 0.717) is 23.3 Å². The Labute approximate surface area is 152 Å². The standard InChI is InChI=1S/C18H19ClN2O2S/c1-11-7-12(2)17(14(19)8-11)21-18(24)20-9-13-10-22-15-5-3-4-6-16(15)23-13/h3-8,13H,9-10H2,1-2H3,(H2,20,21,24)/t13-/m0/s1. The molecule has 0 fully saturated rings. The predicted octanol–water partition coefficient (Wildman–Crippen LogP) is 4.08. The highest BCUT2D eigenvalue weighted by atomic mass is 35.5. The lowest BCUT2D eigenvalue weighted by molar-refractivity contribution is 0.0939. The lowest BCUT2D eigenvalue weighted by Gasteiger charge is -2.27. The third-order valence-electron chi connectivity index (χ3n) is 3.73. The van der Waals surface area contributed by atoms with Crippen LogP contribution in [0.5, 0.6) is 11.5 Å². The van der Waals surface area contributed by atoms with Crippen LogP contribution in [0.4, 0.5) is 5.69 Å². The molecule has 1 atom stereocenters. The van der Waals surface area contributed by atoms with Crippen molar-refractivity contribution in [3.8, 4) is 11.5 Å². The molecule has 2 aromatic rings. The first-order valence-corrected chi connectivity index (χ1v) is 8.51. The maximum absolute atomic E-state index is 6.29. The van der Waals surface area contributed by atoms with Gasteiger partial charge in [-0.3, -0.25) is 0 Å². The molecule has 0 radical (unpaired) electrons. The number of ether oxygens (including phenoxy) is 2. The molecule has 2 N–H and O–H groups in total. The summed E-state index contributed by atoms with van der Waals surface area (Å²) in [6, 6.07) is 11.6. The molecule has 2 aromatic carbocycles. The van der Waals surface area contributed by atoms with E-state index in [0.717, 1.165) is 28.3 Å². The number of aryl methyl sites for hydroxylation is 2. The number of thiocarbonyl (C=S) groups is 1. The zero-order valence-corrected chi connectivity index (χ0v) is 15.1. The van der Waals surface area contributed by atoms with Crippen molar-refractivity contribution in [2.75, 3.05) is 18.5 Å². The van der Waals surface area contributed by atoms with Crippen molar-refractivity contribution in [3.05, 3.63) is 52.5 Å². The number of hydrogen-bond donors (Lipinski definition) is 2. The van der Waals surface area contributed by atoms with Gasteiger partial charge in [0, 0.05) is 0 Å². The van der Waals surface area contributed by atoms with E-state index in [9.17, 15) is 0 Å². The lowest BCUT2D eigenvalue weighted by atomic mass is 10.1. The molecule has 0 saturated carbocycles. The summed E-state index contributed by atoms with van der Waals surface area (Å²) in [5.41, 5.74) is 2.99. The molecule has 0 aromatic heterocycles. The van der Waals surface area contributed by atoms with Gasteiger partial charge in [0.05, 0.1) is 17.3 Å². The quantitative estimate of drug-likeness (QED) is 0.805. The van der Waals surface area contributed by atoms with E-state index in [-0.39, 0.29) is 6.10 Å². The highest BCUT2D eigenvalue weighted by molar-refractivity contribution is 7.80. The average Bonchev–Trinajstić information content (AvgIpc) is 2.56. The molecule has 3 rings (SSSR count). The summed E-state index contributed by atoms with van der Waals surface area (Å²) < 4.78 is 11.6. The predicted molar refractivity (Wildman–Crippen MR) is 102 cm³/mol. The van der Waals surface area contributed by atoms with Crippen molar-refractivity contribution in [3.63, 3.8) is 0 Å². The van der Waals surface area contributed by atoms with Gasteiger partial charge in [0.15, 0.2) is 16.6 Å². The monoisotopic (exact) mass is 362 g/mol. The van der Waals surface area contributed by atoms with Gasteiger partial charge in [0.1, 0.15) is 12.7 Å². The minimum Gasteiger partial charge on any atom is -0.486 e. The van der Waals surface area contributed by atoms with Gasteiger partial charge in [-0.05, 0) is 55.4 Å². The molecule has 1 aliphatic heterocycles. The summed E-state index contributed by atoms with van der Waals surface area (Å²) in [5.74, 6) is 1.53. The lowest BCUT2D eigenvalue weighted by Crippen LogP contribution is -2.42. The van der Waals surface area contributed by atoms with Crippen LogP contribution in [0.25, 0.3) is 0 Å². The van der Waals surface area contributed by atoms with Crippen LogP contribution in [-0.2, 0) is 0 Å². The molecule has 0 amide bonds. The van der Waals surface area contributed by atoms with Crippen molar-refractivity contribution in [2.45, 2.75) is 20.0 Å². The third-order valence-corrected chi connectivity index (χ3v) is 4.27. The molecule has 126 valence electrons. The summed E-state index contributed by atoms with van der Waals surface area (Å²) in [6.07, 6.45) is -0.103. The number of halogens is 1. The van der Waals surface area contributed by atoms with Crippen LogP contribution < -0.4 is 20.1 Å². The number of benzene rings is 2. The first-order valence-electron chi connectivity index (χ1n) is 7.73. The molecule has 0 spiro atoms. The zero-order valence-electron chi connectivity index (χ0n) is 13.6. The summed E-state index contributed by atoms with van der Waals surface area (Å²) in [4.78, 5) is 0. The van der Waals surface area contributed by atoms with E-state index in [4.69, 9.17) is 33.3 Å². The molecule has 1 heterocycles. The number of hydrogen-bond acceptors (Lipinski definition) is 3. The molecule has 6 heteroatoms. The normalized spacial score (nSPS) is 15.7. The third kappa shape index (κ3) is 3.91. The molecule has 1 aliphatic rings. The Hall–Kier alpha value is -1.98. The Morgan fingerprint density at radius 1 is 1.25 bits per heavy atom. The Morgan fingerprint density at radius 3 is 2.75 bits per heavy atom. The van der Waals surface area contributed by atoms with Crippen molar-refractivity contribution < 1.29 is 9.47 Å². The number of fused-ring (bicyclic) bond motifs is 1. The summed E-state index contributed by atoms with van der Waals surface area (Å²) in [6.45, 7) is 5.04. The highest BCUT2D eigenvalue weighted by Crippen LogP contribution is 2.30. The van der Waals surface area contributed by atoms with Gasteiger partial charge in [-0.15, -0.1) is 0 Å². The van der Waals surface area contributed by atoms with Crippen molar-refractivity contribution in [1.29, 1.82) is 0 Å². The summed E-state index contributed by atoms with van der Waals surface area (Å²) in [5, 5.41) is 7.48. The van der Waals surface area contributed by atoms with Crippen molar-refractivity contribution in [2.24, 2.45) is 0 Å². The number of anilines is 1. The molecule has 0 saturated heterocycles. The molecule has 0 bridgehead atoms. The van der Waals surface area contributed by atoms with Crippen molar-refractivity contribution >= 4 is 34.6 Å². The van der Waals surface area contributed by atoms with Gasteiger partial charge in [0.25, 0.3) is 0 Å². The van der Waals surface area contributed by atoms with Gasteiger partial charge in [-0.2, -0.15) is 0 Å². The van der Waals surface area contributed by atoms with Crippen LogP contribution in [0.15, 0.2) is 36.4 Å². The fourth-order valence-corrected chi connectivity index (χ4v) is 3.16. The smallest absolute Gasteiger partial charge is 0.170 e. The van der Waals surface area contributed by atoms with Crippen LogP contribution in [0.2, 0.25) is 5.02 Å². The summed E-state index contributed by atoms with van der Waals surface area (Å²) in [7, 11) is 0. The Bertz CT molecular complexity index is 743. The van der Waals surface area contributed by atoms with E-state index in [1.165, 1.54) is 0 Å². The Balaban J connectivity index is 1.55. The average molecular weight is 363 g/mol. The van der Waals surface area contributed by atoms with E-state index < -0.39 is 0 Å². The second-order valence-corrected chi connectivity index (χ2v) is 6.59. The molecule has 4 nitrogen and oxygen atoms in total. The topological polar surface area (TPSA) is 42.5 Å². The minimum atomic E-state index is -0.103. The van der Waals surface area contributed by atoms with Crippen LogP contribution in [-0.4, -0.2) is 24.4 Å². The largest absolute Gasteiger partial charge is 0.486 e. The van der Waals surface area contributed by atoms with Crippen LogP contribution in [0.3, 0.4) is 0 Å². The Kier molecular flexibility index (Phi) is 5.11. The van der Waals surface area contributed by atoms with Gasteiger partial charge < -0.3 is 20.1 Å². The van der Waals surface area contributed by atoms with Gasteiger partial charge >= 0.3 is 0 Å². The zero-order chi connectivity index (χ0) is 17.1. The number of para-hydroxylation sites is 2. The molecular formula is C18H19ClN2O2S. The van der Waals surface area contributed by atoms with E-state index in [1.54, 1.807) is 0 Å². The molecular weight excluding hydrogens is 344 g/mol. The molecule has 0 aliphatic carbocycles. The molecule has 24 heavy (non-hydrogen) atoms. The maximum Gasteiger partial charge on any atom is 0.170 e. The highest BCUT2D eigenvalue weighted by Gasteiger charge is 2.20. The minimum absolute atomic E-state index is 0.103. The molecule has 0 unspecified atom stereocenters.